The van der Waals surface area contributed by atoms with Gasteiger partial charge in [-0.1, -0.05) is 27.2 Å². The van der Waals surface area contributed by atoms with Crippen LogP contribution in [0.15, 0.2) is 0 Å². The topological polar surface area (TPSA) is 29.5 Å². The van der Waals surface area contributed by atoms with Crippen molar-refractivity contribution in [1.29, 1.82) is 0 Å². The van der Waals surface area contributed by atoms with Gasteiger partial charge in [-0.15, -0.1) is 0 Å². The molecule has 3 nitrogen and oxygen atoms in total. The summed E-state index contributed by atoms with van der Waals surface area (Å²) in [7, 11) is 0. The Kier molecular flexibility index (Phi) is 4.12. The molecule has 18 heavy (non-hydrogen) atoms. The van der Waals surface area contributed by atoms with Crippen molar-refractivity contribution >= 4 is 5.78 Å². The third kappa shape index (κ3) is 2.62. The van der Waals surface area contributed by atoms with Crippen LogP contribution in [0.5, 0.6) is 0 Å². The van der Waals surface area contributed by atoms with Gasteiger partial charge in [-0.3, -0.25) is 9.69 Å². The van der Waals surface area contributed by atoms with Crippen LogP contribution in [0.2, 0.25) is 0 Å². The highest BCUT2D eigenvalue weighted by atomic mass is 16.5. The van der Waals surface area contributed by atoms with Crippen molar-refractivity contribution < 1.29 is 9.53 Å². The molecule has 2 rings (SSSR count). The van der Waals surface area contributed by atoms with E-state index in [0.29, 0.717) is 5.78 Å². The van der Waals surface area contributed by atoms with Crippen molar-refractivity contribution in [2.24, 2.45) is 10.8 Å². The maximum absolute atomic E-state index is 12.8. The SMILES string of the molecule is CCC(C)(C)C(=O)C1(CN2CCOCC2)CCC1. The molecule has 1 aliphatic carbocycles. The maximum Gasteiger partial charge on any atom is 0.145 e. The number of hydrogen-bond acceptors (Lipinski definition) is 3. The fourth-order valence-corrected chi connectivity index (χ4v) is 3.13. The molecule has 0 amide bonds. The number of ether oxygens (including phenoxy) is 1. The number of nitrogens with zero attached hydrogens (tertiary/aromatic N) is 1. The van der Waals surface area contributed by atoms with Crippen molar-refractivity contribution in [2.45, 2.75) is 46.5 Å². The molecule has 1 heterocycles. The molecule has 0 aromatic heterocycles. The first kappa shape index (κ1) is 14.0. The third-order valence-electron chi connectivity index (χ3n) is 4.92. The van der Waals surface area contributed by atoms with Gasteiger partial charge in [0.1, 0.15) is 5.78 Å². The summed E-state index contributed by atoms with van der Waals surface area (Å²) in [6, 6.07) is 0. The van der Waals surface area contributed by atoms with Crippen molar-refractivity contribution in [2.75, 3.05) is 32.8 Å². The summed E-state index contributed by atoms with van der Waals surface area (Å²) in [6.45, 7) is 10.9. The van der Waals surface area contributed by atoms with Crippen LogP contribution in [-0.2, 0) is 9.53 Å². The minimum Gasteiger partial charge on any atom is -0.379 e. The first-order chi connectivity index (χ1) is 8.50. The molecule has 1 saturated heterocycles. The number of morpholine rings is 1. The van der Waals surface area contributed by atoms with Gasteiger partial charge < -0.3 is 4.74 Å². The van der Waals surface area contributed by atoms with E-state index in [9.17, 15) is 4.79 Å². The standard InChI is InChI=1S/C15H27NO2/c1-4-14(2,3)13(17)15(6-5-7-15)12-16-8-10-18-11-9-16/h4-12H2,1-3H3. The molecule has 0 aromatic rings. The second-order valence-electron chi connectivity index (χ2n) is 6.59. The molecule has 1 saturated carbocycles. The lowest BCUT2D eigenvalue weighted by molar-refractivity contribution is -0.145. The summed E-state index contributed by atoms with van der Waals surface area (Å²) < 4.78 is 5.39. The van der Waals surface area contributed by atoms with Gasteiger partial charge in [-0.2, -0.15) is 0 Å². The molecule has 0 atom stereocenters. The number of rotatable bonds is 5. The quantitative estimate of drug-likeness (QED) is 0.754. The van der Waals surface area contributed by atoms with Gasteiger partial charge in [0.05, 0.1) is 13.2 Å². The Morgan fingerprint density at radius 2 is 1.89 bits per heavy atom. The van der Waals surface area contributed by atoms with Crippen LogP contribution in [0.1, 0.15) is 46.5 Å². The monoisotopic (exact) mass is 253 g/mol. The molecular formula is C15H27NO2. The Hall–Kier alpha value is -0.410. The summed E-state index contributed by atoms with van der Waals surface area (Å²) in [4.78, 5) is 15.2. The molecule has 2 fully saturated rings. The van der Waals surface area contributed by atoms with E-state index < -0.39 is 0 Å². The average Bonchev–Trinajstić information content (AvgIpc) is 2.34. The highest BCUT2D eigenvalue weighted by Gasteiger charge is 2.49. The predicted molar refractivity (Wildman–Crippen MR) is 72.6 cm³/mol. The zero-order valence-corrected chi connectivity index (χ0v) is 12.1. The Balaban J connectivity index is 2.03. The van der Waals surface area contributed by atoms with Crippen LogP contribution in [0.3, 0.4) is 0 Å². The number of carbonyl (C=O) groups is 1. The lowest BCUT2D eigenvalue weighted by Gasteiger charge is -2.47. The van der Waals surface area contributed by atoms with Gasteiger partial charge in [0.2, 0.25) is 0 Å². The van der Waals surface area contributed by atoms with Gasteiger partial charge in [0.15, 0.2) is 0 Å². The zero-order chi connectivity index (χ0) is 13.2. The molecule has 0 aromatic carbocycles. The maximum atomic E-state index is 12.8. The lowest BCUT2D eigenvalue weighted by Crippen LogP contribution is -2.53. The smallest absolute Gasteiger partial charge is 0.145 e. The van der Waals surface area contributed by atoms with E-state index in [-0.39, 0.29) is 10.8 Å². The summed E-state index contributed by atoms with van der Waals surface area (Å²) in [6.07, 6.45) is 4.34. The summed E-state index contributed by atoms with van der Waals surface area (Å²) in [5, 5.41) is 0. The van der Waals surface area contributed by atoms with Crippen molar-refractivity contribution in [1.82, 2.24) is 4.90 Å². The molecule has 0 N–H and O–H groups in total. The van der Waals surface area contributed by atoms with E-state index >= 15 is 0 Å². The number of hydrogen-bond donors (Lipinski definition) is 0. The van der Waals surface area contributed by atoms with E-state index in [1.807, 2.05) is 0 Å². The van der Waals surface area contributed by atoms with E-state index in [2.05, 4.69) is 25.7 Å². The van der Waals surface area contributed by atoms with Gasteiger partial charge in [0.25, 0.3) is 0 Å². The summed E-state index contributed by atoms with van der Waals surface area (Å²) in [5.41, 5.74) is -0.205. The first-order valence-electron chi connectivity index (χ1n) is 7.35. The molecule has 104 valence electrons. The fourth-order valence-electron chi connectivity index (χ4n) is 3.13. The van der Waals surface area contributed by atoms with E-state index in [1.165, 1.54) is 6.42 Å². The highest BCUT2D eigenvalue weighted by Crippen LogP contribution is 2.47. The van der Waals surface area contributed by atoms with Crippen molar-refractivity contribution in [3.8, 4) is 0 Å². The van der Waals surface area contributed by atoms with Crippen molar-refractivity contribution in [3.63, 3.8) is 0 Å². The molecule has 0 bridgehead atoms. The summed E-state index contributed by atoms with van der Waals surface area (Å²) >= 11 is 0. The van der Waals surface area contributed by atoms with E-state index in [0.717, 1.165) is 52.1 Å². The molecule has 0 radical (unpaired) electrons. The lowest BCUT2D eigenvalue weighted by atomic mass is 9.59. The second-order valence-corrected chi connectivity index (χ2v) is 6.59. The number of Topliss-reactive ketones (excluding diaryl/α,β-unsaturated/α-hetero) is 1. The van der Waals surface area contributed by atoms with Gasteiger partial charge >= 0.3 is 0 Å². The largest absolute Gasteiger partial charge is 0.379 e. The van der Waals surface area contributed by atoms with E-state index in [1.54, 1.807) is 0 Å². The Morgan fingerprint density at radius 1 is 1.28 bits per heavy atom. The van der Waals surface area contributed by atoms with Gasteiger partial charge in [0, 0.05) is 30.5 Å². The molecule has 2 aliphatic rings. The molecule has 0 spiro atoms. The molecule has 1 aliphatic heterocycles. The third-order valence-corrected chi connectivity index (χ3v) is 4.92. The summed E-state index contributed by atoms with van der Waals surface area (Å²) in [5.74, 6) is 0.496. The minimum absolute atomic E-state index is 0.0448. The second kappa shape index (κ2) is 5.30. The molecular weight excluding hydrogens is 226 g/mol. The molecule has 0 unspecified atom stereocenters. The minimum atomic E-state index is -0.160. The first-order valence-corrected chi connectivity index (χ1v) is 7.35. The predicted octanol–water partition coefficient (Wildman–Crippen LogP) is 2.49. The fraction of sp³-hybridized carbons (Fsp3) is 0.933. The van der Waals surface area contributed by atoms with Crippen LogP contribution in [-0.4, -0.2) is 43.5 Å². The Bertz CT molecular complexity index is 302. The Morgan fingerprint density at radius 3 is 2.33 bits per heavy atom. The van der Waals surface area contributed by atoms with Crippen LogP contribution < -0.4 is 0 Å². The normalized spacial score (nSPS) is 24.6. The van der Waals surface area contributed by atoms with Crippen LogP contribution in [0.4, 0.5) is 0 Å². The Labute approximate surface area is 111 Å². The highest BCUT2D eigenvalue weighted by molar-refractivity contribution is 5.90. The van der Waals surface area contributed by atoms with Crippen LogP contribution in [0, 0.1) is 10.8 Å². The van der Waals surface area contributed by atoms with Crippen molar-refractivity contribution in [3.05, 3.63) is 0 Å². The van der Waals surface area contributed by atoms with Crippen LogP contribution >= 0.6 is 0 Å². The number of ketones is 1. The van der Waals surface area contributed by atoms with Crippen LogP contribution in [0.25, 0.3) is 0 Å². The average molecular weight is 253 g/mol. The molecule has 3 heteroatoms. The zero-order valence-electron chi connectivity index (χ0n) is 12.1. The van der Waals surface area contributed by atoms with Gasteiger partial charge in [-0.25, -0.2) is 0 Å². The van der Waals surface area contributed by atoms with Gasteiger partial charge in [-0.05, 0) is 19.3 Å². The van der Waals surface area contributed by atoms with E-state index in [4.69, 9.17) is 4.74 Å². The number of carbonyl (C=O) groups excluding carboxylic acids is 1.